The first-order valence-corrected chi connectivity index (χ1v) is 6.85. The Morgan fingerprint density at radius 3 is 2.60 bits per heavy atom. The van der Waals surface area contributed by atoms with Crippen LogP contribution in [0.25, 0.3) is 28.4 Å². The number of rotatable bonds is 0. The molecule has 0 atom stereocenters. The van der Waals surface area contributed by atoms with Crippen LogP contribution in [0.4, 0.5) is 0 Å². The Morgan fingerprint density at radius 1 is 1.00 bits per heavy atom. The van der Waals surface area contributed by atoms with Gasteiger partial charge in [0.15, 0.2) is 5.75 Å². The SMILES string of the molecule is C/C=c1\c2n(c3ccccc13)-c1ccccc1OC=2C. The van der Waals surface area contributed by atoms with E-state index in [9.17, 15) is 0 Å². The lowest BCUT2D eigenvalue weighted by molar-refractivity contribution is 0.485. The van der Waals surface area contributed by atoms with E-state index in [1.165, 1.54) is 16.1 Å². The van der Waals surface area contributed by atoms with Crippen LogP contribution in [0, 0.1) is 0 Å². The quantitative estimate of drug-likeness (QED) is 0.607. The van der Waals surface area contributed by atoms with Crippen molar-refractivity contribution in [3.63, 3.8) is 0 Å². The van der Waals surface area contributed by atoms with E-state index in [2.05, 4.69) is 54.0 Å². The maximum atomic E-state index is 6.01. The Bertz CT molecular complexity index is 947. The molecule has 2 heteroatoms. The van der Waals surface area contributed by atoms with Crippen molar-refractivity contribution < 1.29 is 4.74 Å². The van der Waals surface area contributed by atoms with E-state index >= 15 is 0 Å². The number of para-hydroxylation sites is 3. The molecule has 0 aliphatic carbocycles. The van der Waals surface area contributed by atoms with Gasteiger partial charge in [-0.1, -0.05) is 36.4 Å². The number of hydrogen-bond acceptors (Lipinski definition) is 1. The Labute approximate surface area is 117 Å². The molecule has 0 saturated heterocycles. The minimum absolute atomic E-state index is 0.918. The van der Waals surface area contributed by atoms with Crippen LogP contribution in [-0.2, 0) is 0 Å². The molecular weight excluding hydrogens is 246 g/mol. The number of nitrogens with zero attached hydrogens (tertiary/aromatic N) is 1. The van der Waals surface area contributed by atoms with Gasteiger partial charge in [-0.25, -0.2) is 0 Å². The molecule has 1 aliphatic heterocycles. The van der Waals surface area contributed by atoms with Crippen molar-refractivity contribution in [2.45, 2.75) is 13.8 Å². The zero-order valence-corrected chi connectivity index (χ0v) is 11.6. The van der Waals surface area contributed by atoms with Crippen molar-refractivity contribution in [2.24, 2.45) is 0 Å². The Balaban J connectivity index is 2.34. The predicted molar refractivity (Wildman–Crippen MR) is 82.4 cm³/mol. The summed E-state index contributed by atoms with van der Waals surface area (Å²) in [4.78, 5) is 0. The summed E-state index contributed by atoms with van der Waals surface area (Å²) in [5, 5.41) is 3.67. The molecule has 2 nitrogen and oxygen atoms in total. The molecular formula is C18H15NO. The van der Waals surface area contributed by atoms with E-state index in [0.717, 1.165) is 22.5 Å². The van der Waals surface area contributed by atoms with E-state index in [-0.39, 0.29) is 0 Å². The summed E-state index contributed by atoms with van der Waals surface area (Å²) in [5.74, 6) is 1.87. The first-order chi connectivity index (χ1) is 9.81. The molecule has 1 aromatic heterocycles. The molecule has 0 amide bonds. The predicted octanol–water partition coefficient (Wildman–Crippen LogP) is 2.95. The lowest BCUT2D eigenvalue weighted by Gasteiger charge is -2.19. The monoisotopic (exact) mass is 261 g/mol. The van der Waals surface area contributed by atoms with Crippen LogP contribution in [0.15, 0.2) is 48.5 Å². The lowest BCUT2D eigenvalue weighted by Crippen LogP contribution is -2.34. The summed E-state index contributed by atoms with van der Waals surface area (Å²) in [5.41, 5.74) is 2.34. The normalized spacial score (nSPS) is 14.1. The van der Waals surface area contributed by atoms with Gasteiger partial charge in [0.25, 0.3) is 0 Å². The molecule has 0 radical (unpaired) electrons. The molecule has 0 unspecified atom stereocenters. The number of aromatic nitrogens is 1. The second kappa shape index (κ2) is 4.01. The summed E-state index contributed by atoms with van der Waals surface area (Å²) in [7, 11) is 0. The number of ether oxygens (including phenoxy) is 1. The van der Waals surface area contributed by atoms with Crippen molar-refractivity contribution in [1.29, 1.82) is 0 Å². The largest absolute Gasteiger partial charge is 0.458 e. The van der Waals surface area contributed by atoms with E-state index < -0.39 is 0 Å². The molecule has 0 fully saturated rings. The highest BCUT2D eigenvalue weighted by Gasteiger charge is 2.19. The molecule has 98 valence electrons. The summed E-state index contributed by atoms with van der Waals surface area (Å²) >= 11 is 0. The van der Waals surface area contributed by atoms with Crippen LogP contribution in [0.5, 0.6) is 5.75 Å². The smallest absolute Gasteiger partial charge is 0.151 e. The van der Waals surface area contributed by atoms with Crippen LogP contribution in [0.2, 0.25) is 0 Å². The van der Waals surface area contributed by atoms with E-state index in [1.54, 1.807) is 0 Å². The van der Waals surface area contributed by atoms with Gasteiger partial charge >= 0.3 is 0 Å². The van der Waals surface area contributed by atoms with E-state index in [4.69, 9.17) is 4.74 Å². The summed E-state index contributed by atoms with van der Waals surface area (Å²) in [6.45, 7) is 4.12. The fourth-order valence-corrected chi connectivity index (χ4v) is 3.10. The van der Waals surface area contributed by atoms with Gasteiger partial charge in [-0.3, -0.25) is 0 Å². The molecule has 2 heterocycles. The number of fused-ring (bicyclic) bond motifs is 5. The average Bonchev–Trinajstić information content (AvgIpc) is 2.83. The third-order valence-corrected chi connectivity index (χ3v) is 3.91. The zero-order chi connectivity index (χ0) is 13.7. The third-order valence-electron chi connectivity index (χ3n) is 3.91. The van der Waals surface area contributed by atoms with Crippen molar-refractivity contribution in [2.75, 3.05) is 0 Å². The van der Waals surface area contributed by atoms with Crippen LogP contribution >= 0.6 is 0 Å². The van der Waals surface area contributed by atoms with Crippen LogP contribution in [-0.4, -0.2) is 4.57 Å². The minimum Gasteiger partial charge on any atom is -0.458 e. The zero-order valence-electron chi connectivity index (χ0n) is 11.6. The van der Waals surface area contributed by atoms with Gasteiger partial charge in [0, 0.05) is 10.6 Å². The molecule has 1 aliphatic rings. The number of hydrogen-bond donors (Lipinski definition) is 0. The van der Waals surface area contributed by atoms with Gasteiger partial charge in [-0.2, -0.15) is 0 Å². The van der Waals surface area contributed by atoms with Gasteiger partial charge in [-0.05, 0) is 32.0 Å². The highest BCUT2D eigenvalue weighted by molar-refractivity contribution is 5.85. The number of benzene rings is 2. The maximum Gasteiger partial charge on any atom is 0.151 e. The molecule has 0 N–H and O–H groups in total. The van der Waals surface area contributed by atoms with E-state index in [1.807, 2.05) is 19.1 Å². The first-order valence-electron chi connectivity index (χ1n) is 6.85. The lowest BCUT2D eigenvalue weighted by atomic mass is 10.2. The molecule has 0 saturated carbocycles. The Hall–Kier alpha value is -2.48. The third kappa shape index (κ3) is 1.33. The fourth-order valence-electron chi connectivity index (χ4n) is 3.10. The molecule has 2 aromatic carbocycles. The minimum atomic E-state index is 0.918. The standard InChI is InChI=1S/C18H15NO/c1-3-13-14-8-4-5-9-15(14)19-16-10-6-7-11-17(16)20-12(2)18(13)19/h3-11H,1-2H3/b13-3-. The molecule has 3 aromatic rings. The second-order valence-electron chi connectivity index (χ2n) is 5.03. The van der Waals surface area contributed by atoms with Crippen LogP contribution in [0.1, 0.15) is 13.8 Å². The highest BCUT2D eigenvalue weighted by atomic mass is 16.5. The molecule has 4 rings (SSSR count). The Kier molecular flexibility index (Phi) is 2.27. The van der Waals surface area contributed by atoms with Crippen molar-refractivity contribution in [3.05, 3.63) is 59.1 Å². The summed E-state index contributed by atoms with van der Waals surface area (Å²) < 4.78 is 8.31. The average molecular weight is 261 g/mol. The van der Waals surface area contributed by atoms with Crippen molar-refractivity contribution in [3.8, 4) is 11.4 Å². The van der Waals surface area contributed by atoms with Crippen LogP contribution in [0.3, 0.4) is 0 Å². The topological polar surface area (TPSA) is 14.2 Å². The molecule has 20 heavy (non-hydrogen) atoms. The maximum absolute atomic E-state index is 6.01. The van der Waals surface area contributed by atoms with Gasteiger partial charge in [-0.15, -0.1) is 0 Å². The van der Waals surface area contributed by atoms with Crippen molar-refractivity contribution in [1.82, 2.24) is 4.57 Å². The van der Waals surface area contributed by atoms with Gasteiger partial charge in [0.05, 0.1) is 16.6 Å². The summed E-state index contributed by atoms with van der Waals surface area (Å²) in [6, 6.07) is 16.7. The Morgan fingerprint density at radius 2 is 1.75 bits per heavy atom. The highest BCUT2D eigenvalue weighted by Crippen LogP contribution is 2.28. The summed E-state index contributed by atoms with van der Waals surface area (Å²) in [6.07, 6.45) is 2.16. The van der Waals surface area contributed by atoms with Crippen molar-refractivity contribution >= 4 is 22.7 Å². The van der Waals surface area contributed by atoms with Gasteiger partial charge in [0.1, 0.15) is 5.76 Å². The fraction of sp³-hybridized carbons (Fsp3) is 0.111. The van der Waals surface area contributed by atoms with Gasteiger partial charge < -0.3 is 9.30 Å². The molecule has 0 bridgehead atoms. The van der Waals surface area contributed by atoms with Gasteiger partial charge in [0.2, 0.25) is 0 Å². The second-order valence-corrected chi connectivity index (χ2v) is 5.03. The van der Waals surface area contributed by atoms with Crippen LogP contribution < -0.4 is 15.3 Å². The first kappa shape index (κ1) is 11.4. The van der Waals surface area contributed by atoms with E-state index in [0.29, 0.717) is 0 Å². The molecule has 0 spiro atoms.